The predicted molar refractivity (Wildman–Crippen MR) is 93.6 cm³/mol. The fourth-order valence-corrected chi connectivity index (χ4v) is 2.14. The van der Waals surface area contributed by atoms with Crippen molar-refractivity contribution in [3.05, 3.63) is 69.8 Å². The number of carbonyl (C=O) groups is 1. The number of benzene rings is 2. The number of nitro benzene ring substituents is 1. The molecule has 0 aromatic heterocycles. The molecule has 0 atom stereocenters. The Labute approximate surface area is 144 Å². The van der Waals surface area contributed by atoms with Gasteiger partial charge in [-0.1, -0.05) is 18.7 Å². The van der Waals surface area contributed by atoms with Gasteiger partial charge in [0, 0.05) is 11.6 Å². The van der Waals surface area contributed by atoms with Gasteiger partial charge in [-0.15, -0.1) is 5.11 Å². The third-order valence-corrected chi connectivity index (χ3v) is 3.34. The average Bonchev–Trinajstić information content (AvgIpc) is 2.56. The number of aryl methyl sites for hydroxylation is 2. The lowest BCUT2D eigenvalue weighted by atomic mass is 10.1. The molecule has 0 aliphatic rings. The van der Waals surface area contributed by atoms with E-state index in [1.54, 1.807) is 45.0 Å². The minimum atomic E-state index is -0.509. The Balaban J connectivity index is 2.32. The molecule has 0 aliphatic carbocycles. The van der Waals surface area contributed by atoms with Crippen molar-refractivity contribution in [1.82, 2.24) is 0 Å². The lowest BCUT2D eigenvalue weighted by Gasteiger charge is -2.11. The van der Waals surface area contributed by atoms with E-state index >= 15 is 0 Å². The molecule has 0 N–H and O–H groups in total. The van der Waals surface area contributed by atoms with Crippen LogP contribution in [-0.4, -0.2) is 10.9 Å². The van der Waals surface area contributed by atoms with Gasteiger partial charge in [0.2, 0.25) is 0 Å². The predicted octanol–water partition coefficient (Wildman–Crippen LogP) is 5.11. The van der Waals surface area contributed by atoms with Crippen LogP contribution in [-0.2, 0) is 4.79 Å². The molecule has 0 saturated heterocycles. The first kappa shape index (κ1) is 18.0. The number of carbonyl (C=O) groups excluding carboxylic acids is 1. The van der Waals surface area contributed by atoms with Crippen LogP contribution in [0.2, 0.25) is 0 Å². The summed E-state index contributed by atoms with van der Waals surface area (Å²) in [5, 5.41) is 19.0. The summed E-state index contributed by atoms with van der Waals surface area (Å²) in [4.78, 5) is 22.2. The Bertz CT molecular complexity index is 865. The van der Waals surface area contributed by atoms with Gasteiger partial charge in [0.1, 0.15) is 5.75 Å². The SMILES string of the molecule is C=C(C)C(=O)Oc1c(C)cc(N=Nc2ccccc2[N+](=O)[O-])cc1C. The van der Waals surface area contributed by atoms with Gasteiger partial charge < -0.3 is 4.74 Å². The van der Waals surface area contributed by atoms with Gasteiger partial charge in [0.25, 0.3) is 5.69 Å². The number of esters is 1. The summed E-state index contributed by atoms with van der Waals surface area (Å²) >= 11 is 0. The fourth-order valence-electron chi connectivity index (χ4n) is 2.14. The average molecular weight is 339 g/mol. The summed E-state index contributed by atoms with van der Waals surface area (Å²) in [6.45, 7) is 8.67. The van der Waals surface area contributed by atoms with Crippen LogP contribution in [0.25, 0.3) is 0 Å². The van der Waals surface area contributed by atoms with Crippen LogP contribution in [0.15, 0.2) is 58.8 Å². The minimum absolute atomic E-state index is 0.119. The molecule has 2 aromatic carbocycles. The Hall–Kier alpha value is -3.35. The van der Waals surface area contributed by atoms with E-state index in [2.05, 4.69) is 16.8 Å². The van der Waals surface area contributed by atoms with E-state index in [1.165, 1.54) is 12.1 Å². The van der Waals surface area contributed by atoms with Gasteiger partial charge in [-0.05, 0) is 50.1 Å². The highest BCUT2D eigenvalue weighted by Gasteiger charge is 2.13. The first-order valence-electron chi connectivity index (χ1n) is 7.43. The molecule has 0 bridgehead atoms. The molecule has 2 aromatic rings. The highest BCUT2D eigenvalue weighted by atomic mass is 16.6. The molecular formula is C18H17N3O4. The Kier molecular flexibility index (Phi) is 5.38. The maximum atomic E-state index is 11.7. The molecule has 0 heterocycles. The Morgan fingerprint density at radius 2 is 1.76 bits per heavy atom. The van der Waals surface area contributed by atoms with E-state index < -0.39 is 10.9 Å². The zero-order valence-electron chi connectivity index (χ0n) is 14.1. The summed E-state index contributed by atoms with van der Waals surface area (Å²) < 4.78 is 5.31. The van der Waals surface area contributed by atoms with Gasteiger partial charge in [-0.2, -0.15) is 5.11 Å². The first-order valence-corrected chi connectivity index (χ1v) is 7.43. The van der Waals surface area contributed by atoms with E-state index in [4.69, 9.17) is 4.74 Å². The Morgan fingerprint density at radius 1 is 1.16 bits per heavy atom. The van der Waals surface area contributed by atoms with E-state index in [1.807, 2.05) is 0 Å². The molecule has 0 unspecified atom stereocenters. The van der Waals surface area contributed by atoms with E-state index in [-0.39, 0.29) is 11.4 Å². The molecule has 2 rings (SSSR count). The lowest BCUT2D eigenvalue weighted by molar-refractivity contribution is -0.384. The number of para-hydroxylation sites is 1. The van der Waals surface area contributed by atoms with Crippen molar-refractivity contribution in [2.24, 2.45) is 10.2 Å². The number of hydrogen-bond donors (Lipinski definition) is 0. The molecule has 0 fully saturated rings. The van der Waals surface area contributed by atoms with Crippen molar-refractivity contribution < 1.29 is 14.5 Å². The van der Waals surface area contributed by atoms with Gasteiger partial charge >= 0.3 is 5.97 Å². The molecule has 0 saturated carbocycles. The smallest absolute Gasteiger partial charge is 0.338 e. The number of rotatable bonds is 5. The zero-order valence-corrected chi connectivity index (χ0v) is 14.1. The van der Waals surface area contributed by atoms with Crippen molar-refractivity contribution >= 4 is 23.0 Å². The number of nitrogens with zero attached hydrogens (tertiary/aromatic N) is 3. The maximum absolute atomic E-state index is 11.7. The van der Waals surface area contributed by atoms with Crippen molar-refractivity contribution in [2.75, 3.05) is 0 Å². The highest BCUT2D eigenvalue weighted by molar-refractivity contribution is 5.89. The number of nitro groups is 1. The lowest BCUT2D eigenvalue weighted by Crippen LogP contribution is -2.10. The van der Waals surface area contributed by atoms with E-state index in [9.17, 15) is 14.9 Å². The maximum Gasteiger partial charge on any atom is 0.338 e. The standard InChI is InChI=1S/C18H17N3O4/c1-11(2)18(22)25-17-12(3)9-14(10-13(17)4)19-20-15-7-5-6-8-16(15)21(23)24/h5-10H,1H2,2-4H3. The van der Waals surface area contributed by atoms with Crippen LogP contribution in [0.5, 0.6) is 5.75 Å². The van der Waals surface area contributed by atoms with Crippen LogP contribution < -0.4 is 4.74 Å². The number of hydrogen-bond acceptors (Lipinski definition) is 6. The normalized spacial score (nSPS) is 10.7. The van der Waals surface area contributed by atoms with Crippen LogP contribution in [0.3, 0.4) is 0 Å². The summed E-state index contributed by atoms with van der Waals surface area (Å²) in [6.07, 6.45) is 0. The third kappa shape index (κ3) is 4.35. The second-order valence-electron chi connectivity index (χ2n) is 5.52. The van der Waals surface area contributed by atoms with Crippen LogP contribution in [0.1, 0.15) is 18.1 Å². The zero-order chi connectivity index (χ0) is 18.6. The van der Waals surface area contributed by atoms with Gasteiger partial charge in [-0.25, -0.2) is 4.79 Å². The topological polar surface area (TPSA) is 94.2 Å². The molecule has 128 valence electrons. The third-order valence-electron chi connectivity index (χ3n) is 3.34. The monoisotopic (exact) mass is 339 g/mol. The van der Waals surface area contributed by atoms with Crippen LogP contribution >= 0.6 is 0 Å². The molecule has 0 spiro atoms. The molecule has 0 amide bonds. The quantitative estimate of drug-likeness (QED) is 0.189. The van der Waals surface area contributed by atoms with E-state index in [0.717, 1.165) is 0 Å². The largest absolute Gasteiger partial charge is 0.423 e. The van der Waals surface area contributed by atoms with Crippen molar-refractivity contribution in [2.45, 2.75) is 20.8 Å². The van der Waals surface area contributed by atoms with Crippen molar-refractivity contribution in [3.63, 3.8) is 0 Å². The number of ether oxygens (including phenoxy) is 1. The molecule has 25 heavy (non-hydrogen) atoms. The summed E-state index contributed by atoms with van der Waals surface area (Å²) in [5.74, 6) is -0.0573. The fraction of sp³-hybridized carbons (Fsp3) is 0.167. The summed E-state index contributed by atoms with van der Waals surface area (Å²) in [6, 6.07) is 9.47. The molecular weight excluding hydrogens is 322 g/mol. The highest BCUT2D eigenvalue weighted by Crippen LogP contribution is 2.32. The molecule has 0 radical (unpaired) electrons. The van der Waals surface area contributed by atoms with Gasteiger partial charge in [0.15, 0.2) is 5.69 Å². The second-order valence-corrected chi connectivity index (χ2v) is 5.52. The van der Waals surface area contributed by atoms with Crippen LogP contribution in [0.4, 0.5) is 17.1 Å². The molecule has 7 nitrogen and oxygen atoms in total. The first-order chi connectivity index (χ1) is 11.8. The second kappa shape index (κ2) is 7.48. The van der Waals surface area contributed by atoms with Gasteiger partial charge in [-0.3, -0.25) is 10.1 Å². The summed E-state index contributed by atoms with van der Waals surface area (Å²) in [7, 11) is 0. The van der Waals surface area contributed by atoms with Crippen molar-refractivity contribution in [3.8, 4) is 5.75 Å². The molecule has 7 heteroatoms. The molecule has 0 aliphatic heterocycles. The van der Waals surface area contributed by atoms with Crippen molar-refractivity contribution in [1.29, 1.82) is 0 Å². The minimum Gasteiger partial charge on any atom is -0.423 e. The van der Waals surface area contributed by atoms with Gasteiger partial charge in [0.05, 0.1) is 10.6 Å². The summed E-state index contributed by atoms with van der Waals surface area (Å²) in [5.41, 5.74) is 2.26. The van der Waals surface area contributed by atoms with E-state index in [0.29, 0.717) is 28.1 Å². The number of azo groups is 1. The Morgan fingerprint density at radius 3 is 2.32 bits per heavy atom. The van der Waals surface area contributed by atoms with Crippen LogP contribution in [0, 0.1) is 24.0 Å².